The first kappa shape index (κ1) is 11.2. The summed E-state index contributed by atoms with van der Waals surface area (Å²) in [5, 5.41) is 12.8. The van der Waals surface area contributed by atoms with Crippen molar-refractivity contribution in [1.82, 2.24) is 19.7 Å². The fourth-order valence-electron chi connectivity index (χ4n) is 1.73. The molecular formula is C13H9N5O. The second kappa shape index (κ2) is 4.38. The van der Waals surface area contributed by atoms with Crippen molar-refractivity contribution in [3.05, 3.63) is 42.2 Å². The van der Waals surface area contributed by atoms with Crippen LogP contribution in [-0.4, -0.2) is 19.7 Å². The molecule has 0 aliphatic carbocycles. The summed E-state index contributed by atoms with van der Waals surface area (Å²) in [5.41, 5.74) is 1.27. The first-order valence-electron chi connectivity index (χ1n) is 5.60. The molecule has 0 fully saturated rings. The molecule has 2 aromatic heterocycles. The van der Waals surface area contributed by atoms with E-state index in [9.17, 15) is 0 Å². The van der Waals surface area contributed by atoms with Gasteiger partial charge in [-0.15, -0.1) is 0 Å². The van der Waals surface area contributed by atoms with Crippen molar-refractivity contribution in [2.75, 3.05) is 0 Å². The van der Waals surface area contributed by atoms with E-state index in [-0.39, 0.29) is 0 Å². The smallest absolute Gasteiger partial charge is 0.258 e. The summed E-state index contributed by atoms with van der Waals surface area (Å²) in [6, 6.07) is 9.09. The molecule has 3 aromatic rings. The fourth-order valence-corrected chi connectivity index (χ4v) is 1.73. The number of aryl methyl sites for hydroxylation is 1. The van der Waals surface area contributed by atoms with E-state index in [1.807, 2.05) is 19.3 Å². The van der Waals surface area contributed by atoms with Crippen LogP contribution in [0.1, 0.15) is 5.56 Å². The summed E-state index contributed by atoms with van der Waals surface area (Å²) in [4.78, 5) is 8.44. The van der Waals surface area contributed by atoms with Crippen molar-refractivity contribution < 1.29 is 4.52 Å². The van der Waals surface area contributed by atoms with Gasteiger partial charge in [0, 0.05) is 25.0 Å². The number of nitriles is 1. The summed E-state index contributed by atoms with van der Waals surface area (Å²) >= 11 is 0. The normalized spacial score (nSPS) is 10.3. The second-order valence-corrected chi connectivity index (χ2v) is 3.98. The lowest BCUT2D eigenvalue weighted by Gasteiger charge is -1.94. The third-order valence-electron chi connectivity index (χ3n) is 2.69. The summed E-state index contributed by atoms with van der Waals surface area (Å²) in [6.45, 7) is 0. The van der Waals surface area contributed by atoms with Gasteiger partial charge in [-0.05, 0) is 18.2 Å². The summed E-state index contributed by atoms with van der Waals surface area (Å²) in [5.74, 6) is 1.42. The third-order valence-corrected chi connectivity index (χ3v) is 2.69. The van der Waals surface area contributed by atoms with Gasteiger partial charge >= 0.3 is 0 Å². The Morgan fingerprint density at radius 1 is 1.37 bits per heavy atom. The number of imidazole rings is 1. The molecule has 1 aromatic carbocycles. The molecule has 2 heterocycles. The molecule has 92 valence electrons. The topological polar surface area (TPSA) is 80.5 Å². The molecule has 0 aliphatic heterocycles. The first-order chi connectivity index (χ1) is 9.28. The van der Waals surface area contributed by atoms with Gasteiger partial charge in [0.05, 0.1) is 11.6 Å². The van der Waals surface area contributed by atoms with E-state index < -0.39 is 0 Å². The van der Waals surface area contributed by atoms with Crippen molar-refractivity contribution in [2.24, 2.45) is 7.05 Å². The lowest BCUT2D eigenvalue weighted by atomic mass is 10.1. The number of hydrogen-bond donors (Lipinski definition) is 0. The molecule has 0 N–H and O–H groups in total. The van der Waals surface area contributed by atoms with Crippen molar-refractivity contribution in [2.45, 2.75) is 0 Å². The summed E-state index contributed by atoms with van der Waals surface area (Å²) < 4.78 is 7.01. The maximum absolute atomic E-state index is 8.87. The summed E-state index contributed by atoms with van der Waals surface area (Å²) in [6.07, 6.45) is 3.48. The molecule has 19 heavy (non-hydrogen) atoms. The van der Waals surface area contributed by atoms with Crippen molar-refractivity contribution in [1.29, 1.82) is 5.26 Å². The Bertz CT molecular complexity index is 765. The lowest BCUT2D eigenvalue weighted by Crippen LogP contribution is -1.92. The number of benzene rings is 1. The zero-order valence-electron chi connectivity index (χ0n) is 10.1. The highest BCUT2D eigenvalue weighted by Gasteiger charge is 2.13. The van der Waals surface area contributed by atoms with Crippen molar-refractivity contribution >= 4 is 0 Å². The van der Waals surface area contributed by atoms with Crippen LogP contribution in [0.25, 0.3) is 23.1 Å². The Morgan fingerprint density at radius 3 is 3.00 bits per heavy atom. The van der Waals surface area contributed by atoms with E-state index in [4.69, 9.17) is 9.78 Å². The molecular weight excluding hydrogens is 242 g/mol. The Hall–Kier alpha value is -2.94. The zero-order chi connectivity index (χ0) is 13.2. The van der Waals surface area contributed by atoms with Gasteiger partial charge in [-0.3, -0.25) is 0 Å². The van der Waals surface area contributed by atoms with E-state index in [1.165, 1.54) is 0 Å². The minimum absolute atomic E-state index is 0.370. The van der Waals surface area contributed by atoms with Gasteiger partial charge in [0.25, 0.3) is 5.89 Å². The maximum atomic E-state index is 8.87. The molecule has 0 radical (unpaired) electrons. The van der Waals surface area contributed by atoms with Gasteiger partial charge < -0.3 is 9.09 Å². The Balaban J connectivity index is 2.02. The SMILES string of the molecule is Cn1ccnc1-c1noc(-c2cccc(C#N)c2)n1. The summed E-state index contributed by atoms with van der Waals surface area (Å²) in [7, 11) is 1.86. The van der Waals surface area contributed by atoms with E-state index in [0.717, 1.165) is 0 Å². The average molecular weight is 251 g/mol. The fraction of sp³-hybridized carbons (Fsp3) is 0.0769. The lowest BCUT2D eigenvalue weighted by molar-refractivity contribution is 0.431. The highest BCUT2D eigenvalue weighted by atomic mass is 16.5. The predicted molar refractivity (Wildman–Crippen MR) is 66.7 cm³/mol. The van der Waals surface area contributed by atoms with Crippen LogP contribution in [0.2, 0.25) is 0 Å². The van der Waals surface area contributed by atoms with E-state index in [1.54, 1.807) is 29.0 Å². The van der Waals surface area contributed by atoms with Crippen molar-refractivity contribution in [3.8, 4) is 29.2 Å². The van der Waals surface area contributed by atoms with E-state index in [2.05, 4.69) is 21.2 Å². The minimum Gasteiger partial charge on any atom is -0.334 e. The number of rotatable bonds is 2. The van der Waals surface area contributed by atoms with Crippen LogP contribution < -0.4 is 0 Å². The van der Waals surface area contributed by atoms with E-state index >= 15 is 0 Å². The second-order valence-electron chi connectivity index (χ2n) is 3.98. The molecule has 0 atom stereocenters. The first-order valence-corrected chi connectivity index (χ1v) is 5.60. The Labute approximate surface area is 108 Å². The number of aromatic nitrogens is 4. The predicted octanol–water partition coefficient (Wildman–Crippen LogP) is 2.01. The maximum Gasteiger partial charge on any atom is 0.258 e. The van der Waals surface area contributed by atoms with Crippen LogP contribution in [0.5, 0.6) is 0 Å². The van der Waals surface area contributed by atoms with Gasteiger partial charge in [-0.25, -0.2) is 4.98 Å². The highest BCUT2D eigenvalue weighted by Crippen LogP contribution is 2.21. The standard InChI is InChI=1S/C13H9N5O/c1-18-6-5-15-12(18)11-16-13(19-17-11)10-4-2-3-9(7-10)8-14/h2-7H,1H3. The van der Waals surface area contributed by atoms with Crippen LogP contribution in [0, 0.1) is 11.3 Å². The molecule has 0 bridgehead atoms. The Morgan fingerprint density at radius 2 is 2.26 bits per heavy atom. The molecule has 0 saturated heterocycles. The largest absolute Gasteiger partial charge is 0.334 e. The molecule has 6 heteroatoms. The molecule has 0 saturated carbocycles. The number of nitrogens with zero attached hydrogens (tertiary/aromatic N) is 5. The molecule has 6 nitrogen and oxygen atoms in total. The highest BCUT2D eigenvalue weighted by molar-refractivity contribution is 5.58. The molecule has 0 unspecified atom stereocenters. The van der Waals surface area contributed by atoms with Crippen molar-refractivity contribution in [3.63, 3.8) is 0 Å². The Kier molecular flexibility index (Phi) is 2.58. The van der Waals surface area contributed by atoms with Gasteiger partial charge in [0.2, 0.25) is 5.82 Å². The molecule has 0 amide bonds. The third kappa shape index (κ3) is 1.98. The average Bonchev–Trinajstić information content (AvgIpc) is 3.07. The van der Waals surface area contributed by atoms with Gasteiger partial charge in [0.1, 0.15) is 0 Å². The van der Waals surface area contributed by atoms with Gasteiger partial charge in [0.15, 0.2) is 5.82 Å². The quantitative estimate of drug-likeness (QED) is 0.695. The van der Waals surface area contributed by atoms with Crippen LogP contribution in [0.4, 0.5) is 0 Å². The van der Waals surface area contributed by atoms with Crippen LogP contribution in [0.15, 0.2) is 41.2 Å². The monoisotopic (exact) mass is 251 g/mol. The minimum atomic E-state index is 0.370. The van der Waals surface area contributed by atoms with Gasteiger partial charge in [-0.2, -0.15) is 10.2 Å². The van der Waals surface area contributed by atoms with Crippen LogP contribution in [0.3, 0.4) is 0 Å². The van der Waals surface area contributed by atoms with Gasteiger partial charge in [-0.1, -0.05) is 11.2 Å². The molecule has 0 aliphatic rings. The van der Waals surface area contributed by atoms with Crippen LogP contribution in [-0.2, 0) is 7.05 Å². The number of hydrogen-bond acceptors (Lipinski definition) is 5. The van der Waals surface area contributed by atoms with E-state index in [0.29, 0.717) is 28.7 Å². The molecule has 3 rings (SSSR count). The molecule has 0 spiro atoms. The zero-order valence-corrected chi connectivity index (χ0v) is 10.1. The van der Waals surface area contributed by atoms with Crippen LogP contribution >= 0.6 is 0 Å².